The smallest absolute Gasteiger partial charge is 0.208 e. The molecule has 1 spiro atoms. The molecular formula is C21H36IN5O2. The van der Waals surface area contributed by atoms with E-state index < -0.39 is 0 Å². The zero-order valence-electron chi connectivity index (χ0n) is 18.1. The predicted molar refractivity (Wildman–Crippen MR) is 125 cm³/mol. The summed E-state index contributed by atoms with van der Waals surface area (Å²) in [5.74, 6) is 3.56. The van der Waals surface area contributed by atoms with Gasteiger partial charge in [0.25, 0.3) is 0 Å². The summed E-state index contributed by atoms with van der Waals surface area (Å²) in [7, 11) is 1.90. The molecule has 0 aliphatic carbocycles. The van der Waals surface area contributed by atoms with Crippen LogP contribution in [0.1, 0.15) is 43.0 Å². The Balaban J connectivity index is 0.00000240. The summed E-state index contributed by atoms with van der Waals surface area (Å²) in [5, 5.41) is 3.65. The number of aromatic nitrogens is 1. The van der Waals surface area contributed by atoms with E-state index in [0.29, 0.717) is 11.3 Å². The van der Waals surface area contributed by atoms with Gasteiger partial charge >= 0.3 is 0 Å². The predicted octanol–water partition coefficient (Wildman–Crippen LogP) is 2.81. The molecule has 8 heteroatoms. The third-order valence-electron chi connectivity index (χ3n) is 6.82. The molecular weight excluding hydrogens is 481 g/mol. The van der Waals surface area contributed by atoms with E-state index in [1.165, 1.54) is 25.7 Å². The Hall–Kier alpha value is -0.870. The van der Waals surface area contributed by atoms with Gasteiger partial charge < -0.3 is 19.4 Å². The Morgan fingerprint density at radius 3 is 2.66 bits per heavy atom. The second-order valence-corrected chi connectivity index (χ2v) is 8.87. The number of aryl methyl sites for hydroxylation is 2. The third-order valence-corrected chi connectivity index (χ3v) is 6.82. The third kappa shape index (κ3) is 5.44. The van der Waals surface area contributed by atoms with E-state index >= 15 is 0 Å². The zero-order chi connectivity index (χ0) is 19.6. The molecule has 0 bridgehead atoms. The summed E-state index contributed by atoms with van der Waals surface area (Å²) in [5.41, 5.74) is 1.38. The molecule has 1 atom stereocenters. The number of halogens is 1. The highest BCUT2D eigenvalue weighted by molar-refractivity contribution is 14.0. The van der Waals surface area contributed by atoms with Gasteiger partial charge in [-0.3, -0.25) is 9.89 Å². The first-order chi connectivity index (χ1) is 13.6. The lowest BCUT2D eigenvalue weighted by Gasteiger charge is -2.32. The van der Waals surface area contributed by atoms with Crippen LogP contribution in [-0.4, -0.2) is 73.7 Å². The van der Waals surface area contributed by atoms with Crippen LogP contribution in [0.5, 0.6) is 0 Å². The molecule has 29 heavy (non-hydrogen) atoms. The van der Waals surface area contributed by atoms with Crippen LogP contribution in [0.2, 0.25) is 0 Å². The monoisotopic (exact) mass is 517 g/mol. The molecule has 0 saturated carbocycles. The van der Waals surface area contributed by atoms with Gasteiger partial charge in [0.2, 0.25) is 5.89 Å². The lowest BCUT2D eigenvalue weighted by molar-refractivity contribution is 0.156. The van der Waals surface area contributed by atoms with E-state index in [1.807, 2.05) is 20.9 Å². The van der Waals surface area contributed by atoms with E-state index in [2.05, 4.69) is 25.1 Å². The highest BCUT2D eigenvalue weighted by Gasteiger charge is 2.42. The molecule has 3 aliphatic rings. The van der Waals surface area contributed by atoms with E-state index in [1.54, 1.807) is 0 Å². The quantitative estimate of drug-likeness (QED) is 0.377. The standard InChI is InChI=1S/C21H35N5O2.HI/c1-16-17(2)28-19(24-16)13-25-8-4-18(5-9-25)12-23-20(22-3)26-10-6-21(14-26)7-11-27-15-21;/h18H,4-15H2,1-3H3,(H,22,23);1H. The van der Waals surface area contributed by atoms with Crippen molar-refractivity contribution in [2.24, 2.45) is 16.3 Å². The second kappa shape index (κ2) is 9.96. The maximum Gasteiger partial charge on any atom is 0.208 e. The molecule has 0 radical (unpaired) electrons. The lowest BCUT2D eigenvalue weighted by Crippen LogP contribution is -2.44. The number of aliphatic imine (C=N–C) groups is 1. The SMILES string of the molecule is CN=C(NCC1CCN(Cc2nc(C)c(C)o2)CC1)N1CCC2(CCOC2)C1.I. The molecule has 7 nitrogen and oxygen atoms in total. The molecule has 0 aromatic carbocycles. The van der Waals surface area contributed by atoms with Crippen molar-refractivity contribution in [1.82, 2.24) is 20.1 Å². The molecule has 3 fully saturated rings. The maximum absolute atomic E-state index is 5.74. The number of hydrogen-bond acceptors (Lipinski definition) is 5. The van der Waals surface area contributed by atoms with Gasteiger partial charge in [0.05, 0.1) is 18.8 Å². The van der Waals surface area contributed by atoms with Gasteiger partial charge in [0.15, 0.2) is 5.96 Å². The number of piperidine rings is 1. The molecule has 0 amide bonds. The van der Waals surface area contributed by atoms with Crippen LogP contribution in [-0.2, 0) is 11.3 Å². The fourth-order valence-corrected chi connectivity index (χ4v) is 4.80. The van der Waals surface area contributed by atoms with Gasteiger partial charge in [-0.1, -0.05) is 0 Å². The second-order valence-electron chi connectivity index (χ2n) is 8.87. The summed E-state index contributed by atoms with van der Waals surface area (Å²) >= 11 is 0. The van der Waals surface area contributed by atoms with Crippen LogP contribution >= 0.6 is 24.0 Å². The highest BCUT2D eigenvalue weighted by Crippen LogP contribution is 2.38. The number of hydrogen-bond donors (Lipinski definition) is 1. The van der Waals surface area contributed by atoms with Gasteiger partial charge in [-0.15, -0.1) is 24.0 Å². The first-order valence-corrected chi connectivity index (χ1v) is 10.8. The minimum Gasteiger partial charge on any atom is -0.444 e. The molecule has 1 aromatic rings. The topological polar surface area (TPSA) is 66.1 Å². The fourth-order valence-electron chi connectivity index (χ4n) is 4.80. The van der Waals surface area contributed by atoms with Gasteiger partial charge in [-0.2, -0.15) is 0 Å². The summed E-state index contributed by atoms with van der Waals surface area (Å²) in [6, 6.07) is 0. The molecule has 164 valence electrons. The van der Waals surface area contributed by atoms with E-state index in [9.17, 15) is 0 Å². The Morgan fingerprint density at radius 2 is 2.03 bits per heavy atom. The molecule has 4 heterocycles. The summed E-state index contributed by atoms with van der Waals surface area (Å²) in [4.78, 5) is 14.0. The minimum atomic E-state index is 0. The molecule has 1 N–H and O–H groups in total. The van der Waals surface area contributed by atoms with Crippen LogP contribution in [0.25, 0.3) is 0 Å². The summed E-state index contributed by atoms with van der Waals surface area (Å²) in [6.07, 6.45) is 4.84. The van der Waals surface area contributed by atoms with Crippen molar-refractivity contribution < 1.29 is 9.15 Å². The number of ether oxygens (including phenoxy) is 1. The number of oxazole rings is 1. The highest BCUT2D eigenvalue weighted by atomic mass is 127. The van der Waals surface area contributed by atoms with Gasteiger partial charge in [0.1, 0.15) is 5.76 Å². The van der Waals surface area contributed by atoms with Crippen molar-refractivity contribution in [2.75, 3.05) is 53.0 Å². The lowest BCUT2D eigenvalue weighted by atomic mass is 9.87. The number of nitrogens with one attached hydrogen (secondary N) is 1. The van der Waals surface area contributed by atoms with Crippen LogP contribution in [0.15, 0.2) is 9.41 Å². The van der Waals surface area contributed by atoms with E-state index in [-0.39, 0.29) is 24.0 Å². The Labute approximate surface area is 191 Å². The number of rotatable bonds is 4. The molecule has 1 aromatic heterocycles. The van der Waals surface area contributed by atoms with Crippen LogP contribution in [0.4, 0.5) is 0 Å². The van der Waals surface area contributed by atoms with Gasteiger partial charge in [-0.05, 0) is 58.5 Å². The van der Waals surface area contributed by atoms with E-state index in [4.69, 9.17) is 9.15 Å². The Morgan fingerprint density at radius 1 is 1.24 bits per heavy atom. The zero-order valence-corrected chi connectivity index (χ0v) is 20.4. The number of likely N-dealkylation sites (tertiary alicyclic amines) is 2. The Kier molecular flexibility index (Phi) is 7.83. The van der Waals surface area contributed by atoms with Crippen LogP contribution < -0.4 is 5.32 Å². The summed E-state index contributed by atoms with van der Waals surface area (Å²) < 4.78 is 11.4. The average Bonchev–Trinajstić information content (AvgIpc) is 3.40. The van der Waals surface area contributed by atoms with Crippen molar-refractivity contribution in [3.8, 4) is 0 Å². The molecule has 3 saturated heterocycles. The largest absolute Gasteiger partial charge is 0.444 e. The summed E-state index contributed by atoms with van der Waals surface area (Å²) in [6.45, 7) is 12.1. The van der Waals surface area contributed by atoms with Crippen molar-refractivity contribution in [2.45, 2.75) is 46.1 Å². The van der Waals surface area contributed by atoms with Crippen molar-refractivity contribution in [3.05, 3.63) is 17.3 Å². The van der Waals surface area contributed by atoms with Gasteiger partial charge in [0, 0.05) is 38.7 Å². The van der Waals surface area contributed by atoms with Crippen molar-refractivity contribution in [1.29, 1.82) is 0 Å². The molecule has 4 rings (SSSR count). The van der Waals surface area contributed by atoms with Gasteiger partial charge in [-0.25, -0.2) is 4.98 Å². The van der Waals surface area contributed by atoms with Crippen molar-refractivity contribution in [3.63, 3.8) is 0 Å². The number of nitrogens with zero attached hydrogens (tertiary/aromatic N) is 4. The van der Waals surface area contributed by atoms with Crippen molar-refractivity contribution >= 4 is 29.9 Å². The normalized spacial score (nSPS) is 26.3. The molecule has 1 unspecified atom stereocenters. The van der Waals surface area contributed by atoms with Crippen LogP contribution in [0.3, 0.4) is 0 Å². The first-order valence-electron chi connectivity index (χ1n) is 10.8. The first kappa shape index (κ1) is 22.8. The minimum absolute atomic E-state index is 0. The van der Waals surface area contributed by atoms with Crippen LogP contribution in [0, 0.1) is 25.2 Å². The molecule has 3 aliphatic heterocycles. The van der Waals surface area contributed by atoms with E-state index in [0.717, 1.165) is 75.8 Å². The fraction of sp³-hybridized carbons (Fsp3) is 0.810. The Bertz CT molecular complexity index is 674. The number of guanidine groups is 1. The maximum atomic E-state index is 5.74. The average molecular weight is 517 g/mol.